The molecular weight excluding hydrogens is 268 g/mol. The van der Waals surface area contributed by atoms with Gasteiger partial charge in [0.05, 0.1) is 0 Å². The van der Waals surface area contributed by atoms with Gasteiger partial charge in [-0.1, -0.05) is 17.3 Å². The number of carbonyl (C=O) groups is 2. The standard InChI is InChI=1S/C13H11ClN2O3/c1-7-11(13(14)18)12(16-19-7)9-4-3-5-10(6-9)15-8(2)17/h3-6H,1-2H3,(H,15,17). The molecule has 1 N–H and O–H groups in total. The van der Waals surface area contributed by atoms with Gasteiger partial charge in [-0.05, 0) is 30.7 Å². The minimum Gasteiger partial charge on any atom is -0.360 e. The number of benzene rings is 1. The average Bonchev–Trinajstić information content (AvgIpc) is 2.70. The smallest absolute Gasteiger partial charge is 0.258 e. The third-order valence-electron chi connectivity index (χ3n) is 2.52. The van der Waals surface area contributed by atoms with Crippen LogP contribution in [0, 0.1) is 6.92 Å². The Labute approximate surface area is 114 Å². The number of aryl methyl sites for hydroxylation is 1. The number of anilines is 1. The van der Waals surface area contributed by atoms with Gasteiger partial charge in [-0.2, -0.15) is 0 Å². The Hall–Kier alpha value is -2.14. The first-order chi connectivity index (χ1) is 8.99. The van der Waals surface area contributed by atoms with Crippen molar-refractivity contribution in [3.63, 3.8) is 0 Å². The van der Waals surface area contributed by atoms with Crippen LogP contribution in [0.4, 0.5) is 5.69 Å². The molecule has 1 aromatic carbocycles. The van der Waals surface area contributed by atoms with E-state index >= 15 is 0 Å². The molecule has 0 aliphatic heterocycles. The fourth-order valence-corrected chi connectivity index (χ4v) is 1.97. The Morgan fingerprint density at radius 2 is 2.11 bits per heavy atom. The zero-order chi connectivity index (χ0) is 14.0. The van der Waals surface area contributed by atoms with E-state index in [0.29, 0.717) is 22.7 Å². The van der Waals surface area contributed by atoms with Crippen molar-refractivity contribution < 1.29 is 14.1 Å². The lowest BCUT2D eigenvalue weighted by Gasteiger charge is -2.04. The third-order valence-corrected chi connectivity index (χ3v) is 2.70. The highest BCUT2D eigenvalue weighted by Crippen LogP contribution is 2.28. The van der Waals surface area contributed by atoms with Crippen molar-refractivity contribution in [2.75, 3.05) is 5.32 Å². The number of nitrogens with zero attached hydrogens (tertiary/aromatic N) is 1. The summed E-state index contributed by atoms with van der Waals surface area (Å²) in [4.78, 5) is 22.4. The maximum atomic E-state index is 11.4. The summed E-state index contributed by atoms with van der Waals surface area (Å²) < 4.78 is 4.99. The summed E-state index contributed by atoms with van der Waals surface area (Å²) in [5.41, 5.74) is 1.86. The van der Waals surface area contributed by atoms with Crippen molar-refractivity contribution >= 4 is 28.4 Å². The predicted octanol–water partition coefficient (Wildman–Crippen LogP) is 2.99. The molecule has 1 amide bonds. The monoisotopic (exact) mass is 278 g/mol. The first-order valence-electron chi connectivity index (χ1n) is 5.53. The van der Waals surface area contributed by atoms with Crippen LogP contribution in [0.25, 0.3) is 11.3 Å². The molecule has 0 fully saturated rings. The van der Waals surface area contributed by atoms with Crippen LogP contribution in [-0.4, -0.2) is 16.3 Å². The normalized spacial score (nSPS) is 10.3. The van der Waals surface area contributed by atoms with E-state index in [2.05, 4.69) is 10.5 Å². The first-order valence-corrected chi connectivity index (χ1v) is 5.91. The summed E-state index contributed by atoms with van der Waals surface area (Å²) in [6.45, 7) is 3.03. The number of halogens is 1. The molecular formula is C13H11ClN2O3. The number of hydrogen-bond donors (Lipinski definition) is 1. The lowest BCUT2D eigenvalue weighted by molar-refractivity contribution is -0.114. The van der Waals surface area contributed by atoms with Gasteiger partial charge in [0, 0.05) is 18.2 Å². The molecule has 6 heteroatoms. The average molecular weight is 279 g/mol. The molecule has 0 radical (unpaired) electrons. The second-order valence-corrected chi connectivity index (χ2v) is 4.34. The van der Waals surface area contributed by atoms with Crippen LogP contribution in [-0.2, 0) is 4.79 Å². The van der Waals surface area contributed by atoms with Crippen molar-refractivity contribution in [1.29, 1.82) is 0 Å². The van der Waals surface area contributed by atoms with Crippen LogP contribution < -0.4 is 5.32 Å². The highest BCUT2D eigenvalue weighted by molar-refractivity contribution is 6.68. The van der Waals surface area contributed by atoms with E-state index in [4.69, 9.17) is 16.1 Å². The van der Waals surface area contributed by atoms with Gasteiger partial charge >= 0.3 is 0 Å². The number of nitrogens with one attached hydrogen (secondary N) is 1. The molecule has 0 atom stereocenters. The van der Waals surface area contributed by atoms with E-state index in [0.717, 1.165) is 0 Å². The Kier molecular flexibility index (Phi) is 3.66. The molecule has 1 aromatic heterocycles. The highest BCUT2D eigenvalue weighted by Gasteiger charge is 2.20. The van der Waals surface area contributed by atoms with E-state index in [9.17, 15) is 9.59 Å². The predicted molar refractivity (Wildman–Crippen MR) is 71.2 cm³/mol. The molecule has 0 unspecified atom stereocenters. The summed E-state index contributed by atoms with van der Waals surface area (Å²) in [5, 5.41) is 5.86. The summed E-state index contributed by atoms with van der Waals surface area (Å²) in [7, 11) is 0. The summed E-state index contributed by atoms with van der Waals surface area (Å²) in [6.07, 6.45) is 0. The molecule has 5 nitrogen and oxygen atoms in total. The molecule has 0 bridgehead atoms. The van der Waals surface area contributed by atoms with Crippen LogP contribution in [0.5, 0.6) is 0 Å². The molecule has 0 saturated carbocycles. The van der Waals surface area contributed by atoms with Crippen LogP contribution >= 0.6 is 11.6 Å². The van der Waals surface area contributed by atoms with Crippen molar-refractivity contribution in [1.82, 2.24) is 5.16 Å². The van der Waals surface area contributed by atoms with Crippen LogP contribution in [0.2, 0.25) is 0 Å². The van der Waals surface area contributed by atoms with E-state index in [1.54, 1.807) is 31.2 Å². The van der Waals surface area contributed by atoms with E-state index in [1.807, 2.05) is 0 Å². The highest BCUT2D eigenvalue weighted by atomic mass is 35.5. The van der Waals surface area contributed by atoms with Gasteiger partial charge in [-0.15, -0.1) is 0 Å². The second kappa shape index (κ2) is 5.24. The van der Waals surface area contributed by atoms with Gasteiger partial charge in [0.2, 0.25) is 5.91 Å². The second-order valence-electron chi connectivity index (χ2n) is 4.00. The Morgan fingerprint density at radius 1 is 1.37 bits per heavy atom. The maximum Gasteiger partial charge on any atom is 0.258 e. The quantitative estimate of drug-likeness (QED) is 0.876. The van der Waals surface area contributed by atoms with Gasteiger partial charge in [-0.3, -0.25) is 9.59 Å². The fraction of sp³-hybridized carbons (Fsp3) is 0.154. The molecule has 0 spiro atoms. The molecule has 2 aromatic rings. The largest absolute Gasteiger partial charge is 0.360 e. The van der Waals surface area contributed by atoms with Crippen LogP contribution in [0.1, 0.15) is 23.0 Å². The lowest BCUT2D eigenvalue weighted by atomic mass is 10.1. The molecule has 0 saturated heterocycles. The van der Waals surface area contributed by atoms with Crippen LogP contribution in [0.15, 0.2) is 28.8 Å². The topological polar surface area (TPSA) is 72.2 Å². The number of aromatic nitrogens is 1. The molecule has 19 heavy (non-hydrogen) atoms. The minimum atomic E-state index is -0.626. The molecule has 1 heterocycles. The minimum absolute atomic E-state index is 0.179. The van der Waals surface area contributed by atoms with Crippen molar-refractivity contribution in [3.05, 3.63) is 35.6 Å². The summed E-state index contributed by atoms with van der Waals surface area (Å²) in [6, 6.07) is 6.93. The zero-order valence-electron chi connectivity index (χ0n) is 10.4. The van der Waals surface area contributed by atoms with Crippen LogP contribution in [0.3, 0.4) is 0 Å². The number of amides is 1. The van der Waals surface area contributed by atoms with E-state index < -0.39 is 5.24 Å². The van der Waals surface area contributed by atoms with E-state index in [-0.39, 0.29) is 11.5 Å². The fourth-order valence-electron chi connectivity index (χ4n) is 1.75. The first kappa shape index (κ1) is 13.3. The lowest BCUT2D eigenvalue weighted by Crippen LogP contribution is -2.05. The Morgan fingerprint density at radius 3 is 2.74 bits per heavy atom. The molecule has 0 aliphatic rings. The van der Waals surface area contributed by atoms with Crippen molar-refractivity contribution in [2.24, 2.45) is 0 Å². The molecule has 98 valence electrons. The number of carbonyl (C=O) groups excluding carboxylic acids is 2. The van der Waals surface area contributed by atoms with Gasteiger partial charge in [0.15, 0.2) is 0 Å². The molecule has 0 aliphatic carbocycles. The summed E-state index contributed by atoms with van der Waals surface area (Å²) >= 11 is 5.52. The van der Waals surface area contributed by atoms with Crippen molar-refractivity contribution in [3.8, 4) is 11.3 Å². The number of hydrogen-bond acceptors (Lipinski definition) is 4. The third kappa shape index (κ3) is 2.82. The Bertz CT molecular complexity index is 649. The number of rotatable bonds is 3. The summed E-state index contributed by atoms with van der Waals surface area (Å²) in [5.74, 6) is 0.182. The Balaban J connectivity index is 2.47. The SMILES string of the molecule is CC(=O)Nc1cccc(-c2noc(C)c2C(=O)Cl)c1. The van der Waals surface area contributed by atoms with Gasteiger partial charge in [0.25, 0.3) is 5.24 Å². The zero-order valence-corrected chi connectivity index (χ0v) is 11.1. The maximum absolute atomic E-state index is 11.4. The van der Waals surface area contributed by atoms with E-state index in [1.165, 1.54) is 6.92 Å². The van der Waals surface area contributed by atoms with Gasteiger partial charge in [-0.25, -0.2) is 0 Å². The van der Waals surface area contributed by atoms with Gasteiger partial charge < -0.3 is 9.84 Å². The molecule has 2 rings (SSSR count). The van der Waals surface area contributed by atoms with Crippen molar-refractivity contribution in [2.45, 2.75) is 13.8 Å². The van der Waals surface area contributed by atoms with Gasteiger partial charge in [0.1, 0.15) is 17.0 Å².